The van der Waals surface area contributed by atoms with Crippen LogP contribution in [-0.2, 0) is 0 Å². The summed E-state index contributed by atoms with van der Waals surface area (Å²) in [6.45, 7) is 2.77. The SMILES string of the molecule is CCCN(C)C(=O)c1sc2nc3ccccc3cc2c1N. The summed E-state index contributed by atoms with van der Waals surface area (Å²) in [5.74, 6) is -0.0265. The van der Waals surface area contributed by atoms with Crippen molar-refractivity contribution in [3.63, 3.8) is 0 Å². The number of carbonyl (C=O) groups is 1. The number of hydrogen-bond acceptors (Lipinski definition) is 4. The van der Waals surface area contributed by atoms with E-state index in [4.69, 9.17) is 5.73 Å². The van der Waals surface area contributed by atoms with Gasteiger partial charge in [-0.1, -0.05) is 25.1 Å². The van der Waals surface area contributed by atoms with Crippen molar-refractivity contribution in [1.82, 2.24) is 9.88 Å². The first-order chi connectivity index (χ1) is 10.1. The molecular weight excluding hydrogens is 282 g/mol. The average molecular weight is 299 g/mol. The molecule has 0 radical (unpaired) electrons. The van der Waals surface area contributed by atoms with E-state index in [1.54, 1.807) is 11.9 Å². The molecule has 2 heterocycles. The molecule has 4 nitrogen and oxygen atoms in total. The Kier molecular flexibility index (Phi) is 3.51. The topological polar surface area (TPSA) is 59.2 Å². The van der Waals surface area contributed by atoms with Crippen molar-refractivity contribution in [1.29, 1.82) is 0 Å². The zero-order valence-electron chi connectivity index (χ0n) is 12.1. The number of anilines is 1. The summed E-state index contributed by atoms with van der Waals surface area (Å²) >= 11 is 1.37. The number of pyridine rings is 1. The number of para-hydroxylation sites is 1. The number of rotatable bonds is 3. The van der Waals surface area contributed by atoms with Crippen molar-refractivity contribution in [2.24, 2.45) is 0 Å². The summed E-state index contributed by atoms with van der Waals surface area (Å²) in [6, 6.07) is 9.91. The van der Waals surface area contributed by atoms with E-state index in [9.17, 15) is 4.79 Å². The van der Waals surface area contributed by atoms with E-state index in [1.807, 2.05) is 37.3 Å². The van der Waals surface area contributed by atoms with E-state index < -0.39 is 0 Å². The molecule has 0 aliphatic carbocycles. The molecule has 2 aromatic heterocycles. The van der Waals surface area contributed by atoms with Gasteiger partial charge in [-0.05, 0) is 18.6 Å². The predicted octanol–water partition coefficient (Wildman–Crippen LogP) is 3.51. The molecule has 21 heavy (non-hydrogen) atoms. The highest BCUT2D eigenvalue weighted by molar-refractivity contribution is 7.21. The maximum atomic E-state index is 12.4. The Morgan fingerprint density at radius 3 is 2.90 bits per heavy atom. The monoisotopic (exact) mass is 299 g/mol. The highest BCUT2D eigenvalue weighted by Crippen LogP contribution is 2.35. The van der Waals surface area contributed by atoms with Crippen LogP contribution < -0.4 is 5.73 Å². The van der Waals surface area contributed by atoms with Crippen LogP contribution in [0, 0.1) is 0 Å². The van der Waals surface area contributed by atoms with E-state index in [0.29, 0.717) is 10.6 Å². The second-order valence-electron chi connectivity index (χ2n) is 5.11. The first-order valence-corrected chi connectivity index (χ1v) is 7.76. The van der Waals surface area contributed by atoms with Crippen LogP contribution in [0.25, 0.3) is 21.1 Å². The van der Waals surface area contributed by atoms with Crippen molar-refractivity contribution < 1.29 is 4.79 Å². The molecule has 0 saturated heterocycles. The number of benzene rings is 1. The van der Waals surface area contributed by atoms with Crippen LogP contribution in [0.2, 0.25) is 0 Å². The number of nitrogens with zero attached hydrogens (tertiary/aromatic N) is 2. The van der Waals surface area contributed by atoms with Gasteiger partial charge in [-0.15, -0.1) is 11.3 Å². The molecule has 0 fully saturated rings. The number of hydrogen-bond donors (Lipinski definition) is 1. The van der Waals surface area contributed by atoms with Crippen LogP contribution in [0.5, 0.6) is 0 Å². The van der Waals surface area contributed by atoms with Gasteiger partial charge >= 0.3 is 0 Å². The van der Waals surface area contributed by atoms with Crippen LogP contribution in [-0.4, -0.2) is 29.4 Å². The smallest absolute Gasteiger partial charge is 0.265 e. The minimum absolute atomic E-state index is 0.0265. The first kappa shape index (κ1) is 13.8. The summed E-state index contributed by atoms with van der Waals surface area (Å²) in [7, 11) is 1.81. The van der Waals surface area contributed by atoms with Gasteiger partial charge in [0.2, 0.25) is 0 Å². The van der Waals surface area contributed by atoms with E-state index >= 15 is 0 Å². The second kappa shape index (κ2) is 5.33. The molecule has 2 N–H and O–H groups in total. The largest absolute Gasteiger partial charge is 0.397 e. The Bertz CT molecular complexity index is 825. The Labute approximate surface area is 127 Å². The van der Waals surface area contributed by atoms with Crippen molar-refractivity contribution in [3.8, 4) is 0 Å². The molecule has 0 atom stereocenters. The highest BCUT2D eigenvalue weighted by Gasteiger charge is 2.20. The summed E-state index contributed by atoms with van der Waals surface area (Å²) in [5.41, 5.74) is 7.65. The van der Waals surface area contributed by atoms with Gasteiger partial charge in [-0.3, -0.25) is 4.79 Å². The summed E-state index contributed by atoms with van der Waals surface area (Å²) in [6.07, 6.45) is 0.926. The molecule has 5 heteroatoms. The standard InChI is InChI=1S/C16H17N3OS/c1-3-8-19(2)16(20)14-13(17)11-9-10-6-4-5-7-12(10)18-15(11)21-14/h4-7,9H,3,8,17H2,1-2H3. The van der Waals surface area contributed by atoms with Gasteiger partial charge in [0.1, 0.15) is 9.71 Å². The van der Waals surface area contributed by atoms with E-state index in [-0.39, 0.29) is 5.91 Å². The number of amides is 1. The van der Waals surface area contributed by atoms with Gasteiger partial charge in [-0.2, -0.15) is 0 Å². The highest BCUT2D eigenvalue weighted by atomic mass is 32.1. The number of fused-ring (bicyclic) bond motifs is 2. The molecule has 0 aliphatic rings. The van der Waals surface area contributed by atoms with E-state index in [1.165, 1.54) is 11.3 Å². The third-order valence-electron chi connectivity index (χ3n) is 3.52. The third-order valence-corrected chi connectivity index (χ3v) is 4.63. The molecule has 1 aromatic carbocycles. The Balaban J connectivity index is 2.15. The summed E-state index contributed by atoms with van der Waals surface area (Å²) < 4.78 is 0. The van der Waals surface area contributed by atoms with Crippen LogP contribution in [0.3, 0.4) is 0 Å². The van der Waals surface area contributed by atoms with Gasteiger partial charge < -0.3 is 10.6 Å². The molecule has 0 bridgehead atoms. The molecule has 1 amide bonds. The van der Waals surface area contributed by atoms with Crippen LogP contribution in [0.4, 0.5) is 5.69 Å². The molecule has 108 valence electrons. The third kappa shape index (κ3) is 2.34. The average Bonchev–Trinajstić information content (AvgIpc) is 2.81. The lowest BCUT2D eigenvalue weighted by Crippen LogP contribution is -2.27. The molecule has 0 spiro atoms. The van der Waals surface area contributed by atoms with Crippen LogP contribution in [0.1, 0.15) is 23.0 Å². The lowest BCUT2D eigenvalue weighted by atomic mass is 10.1. The number of nitrogens with two attached hydrogens (primary N) is 1. The number of nitrogen functional groups attached to an aromatic ring is 1. The van der Waals surface area contributed by atoms with Gasteiger partial charge in [0.05, 0.1) is 11.2 Å². The quantitative estimate of drug-likeness (QED) is 0.805. The first-order valence-electron chi connectivity index (χ1n) is 6.95. The minimum Gasteiger partial charge on any atom is -0.397 e. The van der Waals surface area contributed by atoms with Crippen LogP contribution in [0.15, 0.2) is 30.3 Å². The zero-order chi connectivity index (χ0) is 15.0. The minimum atomic E-state index is -0.0265. The maximum Gasteiger partial charge on any atom is 0.265 e. The van der Waals surface area contributed by atoms with E-state index in [2.05, 4.69) is 4.98 Å². The Morgan fingerprint density at radius 1 is 1.38 bits per heavy atom. The molecule has 3 rings (SSSR count). The molecular formula is C16H17N3OS. The van der Waals surface area contributed by atoms with Gasteiger partial charge in [-0.25, -0.2) is 4.98 Å². The molecule has 0 saturated carbocycles. The fourth-order valence-electron chi connectivity index (χ4n) is 2.41. The van der Waals surface area contributed by atoms with Gasteiger partial charge in [0.25, 0.3) is 5.91 Å². The number of aromatic nitrogens is 1. The van der Waals surface area contributed by atoms with E-state index in [0.717, 1.165) is 34.1 Å². The summed E-state index contributed by atoms with van der Waals surface area (Å²) in [5, 5.41) is 1.90. The predicted molar refractivity (Wildman–Crippen MR) is 88.8 cm³/mol. The molecule has 0 unspecified atom stereocenters. The number of thiophene rings is 1. The summed E-state index contributed by atoms with van der Waals surface area (Å²) in [4.78, 5) is 20.2. The zero-order valence-corrected chi connectivity index (χ0v) is 12.9. The lowest BCUT2D eigenvalue weighted by Gasteiger charge is -2.15. The van der Waals surface area contributed by atoms with Crippen molar-refractivity contribution >= 4 is 44.1 Å². The number of carbonyl (C=O) groups excluding carboxylic acids is 1. The van der Waals surface area contributed by atoms with Crippen molar-refractivity contribution in [2.75, 3.05) is 19.3 Å². The lowest BCUT2D eigenvalue weighted by molar-refractivity contribution is 0.0801. The Morgan fingerprint density at radius 2 is 2.14 bits per heavy atom. The fourth-order valence-corrected chi connectivity index (χ4v) is 3.49. The van der Waals surface area contributed by atoms with Crippen molar-refractivity contribution in [2.45, 2.75) is 13.3 Å². The Hall–Kier alpha value is -2.14. The van der Waals surface area contributed by atoms with Gasteiger partial charge in [0.15, 0.2) is 0 Å². The van der Waals surface area contributed by atoms with Gasteiger partial charge in [0, 0.05) is 24.4 Å². The normalized spacial score (nSPS) is 11.1. The molecule has 0 aliphatic heterocycles. The van der Waals surface area contributed by atoms with Crippen molar-refractivity contribution in [3.05, 3.63) is 35.2 Å². The maximum absolute atomic E-state index is 12.4. The molecule has 3 aromatic rings. The second-order valence-corrected chi connectivity index (χ2v) is 6.10. The van der Waals surface area contributed by atoms with Crippen LogP contribution >= 0.6 is 11.3 Å². The fraction of sp³-hybridized carbons (Fsp3) is 0.250.